The third kappa shape index (κ3) is 2.28. The van der Waals surface area contributed by atoms with Gasteiger partial charge in [0, 0.05) is 26.2 Å². The van der Waals surface area contributed by atoms with E-state index in [-0.39, 0.29) is 5.82 Å². The van der Waals surface area contributed by atoms with Gasteiger partial charge >= 0.3 is 0 Å². The summed E-state index contributed by atoms with van der Waals surface area (Å²) < 4.78 is 0. The van der Waals surface area contributed by atoms with Crippen LogP contribution in [0.2, 0.25) is 0 Å². The van der Waals surface area contributed by atoms with Crippen molar-refractivity contribution in [2.24, 2.45) is 11.1 Å². The fourth-order valence-electron chi connectivity index (χ4n) is 3.27. The summed E-state index contributed by atoms with van der Waals surface area (Å²) in [6.07, 6.45) is 5.82. The van der Waals surface area contributed by atoms with Gasteiger partial charge in [0.15, 0.2) is 0 Å². The van der Waals surface area contributed by atoms with Gasteiger partial charge in [-0.15, -0.1) is 0 Å². The summed E-state index contributed by atoms with van der Waals surface area (Å²) in [6, 6.07) is 0. The summed E-state index contributed by atoms with van der Waals surface area (Å²) in [5.74, 6) is -0.500. The fourth-order valence-corrected chi connectivity index (χ4v) is 3.27. The van der Waals surface area contributed by atoms with E-state index in [0.717, 1.165) is 18.8 Å². The van der Waals surface area contributed by atoms with Gasteiger partial charge in [-0.25, -0.2) is 9.97 Å². The molecule has 102 valence electrons. The van der Waals surface area contributed by atoms with Crippen molar-refractivity contribution in [3.63, 3.8) is 0 Å². The molecule has 6 nitrogen and oxygen atoms in total. The highest BCUT2D eigenvalue weighted by molar-refractivity contribution is 5.88. The maximum absolute atomic E-state index is 10.9. The molecule has 3 rings (SSSR count). The monoisotopic (exact) mass is 261 g/mol. The number of nitrogens with two attached hydrogens (primary N) is 1. The third-order valence-corrected chi connectivity index (χ3v) is 4.26. The standard InChI is InChI=1S/C13H19N5O/c1-17-8-13(9-17)2-4-18(5-3-13)10-6-15-12(11(14)19)16-7-10/h6-7H,2-5,8-9H2,1H3,(H2,14,19). The Bertz CT molecular complexity index is 470. The lowest BCUT2D eigenvalue weighted by molar-refractivity contribution is 0.00130. The highest BCUT2D eigenvalue weighted by Crippen LogP contribution is 2.40. The Kier molecular flexibility index (Phi) is 2.89. The van der Waals surface area contributed by atoms with Gasteiger partial charge in [0.2, 0.25) is 5.82 Å². The number of aromatic nitrogens is 2. The van der Waals surface area contributed by atoms with Crippen LogP contribution in [0.15, 0.2) is 12.4 Å². The molecule has 1 spiro atoms. The van der Waals surface area contributed by atoms with Crippen LogP contribution in [0.1, 0.15) is 23.5 Å². The van der Waals surface area contributed by atoms with Crippen molar-refractivity contribution in [3.8, 4) is 0 Å². The van der Waals surface area contributed by atoms with E-state index in [9.17, 15) is 4.79 Å². The van der Waals surface area contributed by atoms with Crippen LogP contribution in [-0.2, 0) is 0 Å². The number of carbonyl (C=O) groups excluding carboxylic acids is 1. The zero-order valence-corrected chi connectivity index (χ0v) is 11.2. The Labute approximate surface area is 112 Å². The van der Waals surface area contributed by atoms with Crippen LogP contribution in [0.3, 0.4) is 0 Å². The molecule has 6 heteroatoms. The lowest BCUT2D eigenvalue weighted by Gasteiger charge is -2.53. The first-order chi connectivity index (χ1) is 9.08. The van der Waals surface area contributed by atoms with E-state index < -0.39 is 5.91 Å². The maximum atomic E-state index is 10.9. The minimum Gasteiger partial charge on any atom is -0.369 e. The van der Waals surface area contributed by atoms with Crippen LogP contribution in [0, 0.1) is 5.41 Å². The Morgan fingerprint density at radius 2 is 1.84 bits per heavy atom. The highest BCUT2D eigenvalue weighted by Gasteiger charge is 2.43. The molecular formula is C13H19N5O. The van der Waals surface area contributed by atoms with E-state index in [1.807, 2.05) is 0 Å². The summed E-state index contributed by atoms with van der Waals surface area (Å²) in [7, 11) is 2.17. The SMILES string of the molecule is CN1CC2(CCN(c3cnc(C(N)=O)nc3)CC2)C1. The van der Waals surface area contributed by atoms with Crippen molar-refractivity contribution < 1.29 is 4.79 Å². The van der Waals surface area contributed by atoms with Gasteiger partial charge in [-0.2, -0.15) is 0 Å². The lowest BCUT2D eigenvalue weighted by Crippen LogP contribution is -2.58. The molecule has 0 radical (unpaired) electrons. The van der Waals surface area contributed by atoms with Gasteiger partial charge in [-0.05, 0) is 25.3 Å². The quantitative estimate of drug-likeness (QED) is 0.817. The van der Waals surface area contributed by atoms with Gasteiger partial charge in [-0.1, -0.05) is 0 Å². The van der Waals surface area contributed by atoms with E-state index in [0.29, 0.717) is 5.41 Å². The van der Waals surface area contributed by atoms with Gasteiger partial charge in [-0.3, -0.25) is 4.79 Å². The molecule has 2 aliphatic rings. The molecule has 0 bridgehead atoms. The molecule has 0 unspecified atom stereocenters. The summed E-state index contributed by atoms with van der Waals surface area (Å²) in [4.78, 5) is 23.6. The maximum Gasteiger partial charge on any atom is 0.286 e. The van der Waals surface area contributed by atoms with E-state index in [2.05, 4.69) is 26.8 Å². The summed E-state index contributed by atoms with van der Waals surface area (Å²) in [5, 5.41) is 0. The molecule has 2 saturated heterocycles. The first-order valence-electron chi connectivity index (χ1n) is 6.63. The van der Waals surface area contributed by atoms with Crippen molar-refractivity contribution >= 4 is 11.6 Å². The minimum atomic E-state index is -0.582. The molecular weight excluding hydrogens is 242 g/mol. The predicted molar refractivity (Wildman–Crippen MR) is 71.9 cm³/mol. The minimum absolute atomic E-state index is 0.0813. The first kappa shape index (κ1) is 12.3. The van der Waals surface area contributed by atoms with Gasteiger partial charge < -0.3 is 15.5 Å². The molecule has 0 saturated carbocycles. The van der Waals surface area contributed by atoms with Crippen LogP contribution in [0.5, 0.6) is 0 Å². The number of carbonyl (C=O) groups is 1. The zero-order valence-electron chi connectivity index (χ0n) is 11.2. The number of anilines is 1. The molecule has 1 aromatic heterocycles. The Balaban J connectivity index is 1.63. The predicted octanol–water partition coefficient (Wildman–Crippen LogP) is 0.108. The second kappa shape index (κ2) is 4.45. The van der Waals surface area contributed by atoms with Crippen LogP contribution < -0.4 is 10.6 Å². The van der Waals surface area contributed by atoms with Gasteiger partial charge in [0.1, 0.15) is 0 Å². The molecule has 19 heavy (non-hydrogen) atoms. The number of primary amides is 1. The third-order valence-electron chi connectivity index (χ3n) is 4.26. The van der Waals surface area contributed by atoms with Gasteiger partial charge in [0.25, 0.3) is 5.91 Å². The number of piperidine rings is 1. The smallest absolute Gasteiger partial charge is 0.286 e. The molecule has 2 N–H and O–H groups in total. The number of amides is 1. The Morgan fingerprint density at radius 3 is 2.32 bits per heavy atom. The number of hydrogen-bond acceptors (Lipinski definition) is 5. The Morgan fingerprint density at radius 1 is 1.26 bits per heavy atom. The Hall–Kier alpha value is -1.69. The molecule has 1 aromatic rings. The van der Waals surface area contributed by atoms with Crippen molar-refractivity contribution in [2.75, 3.05) is 38.1 Å². The molecule has 2 fully saturated rings. The first-order valence-corrected chi connectivity index (χ1v) is 6.63. The summed E-state index contributed by atoms with van der Waals surface area (Å²) >= 11 is 0. The second-order valence-electron chi connectivity index (χ2n) is 5.79. The molecule has 0 atom stereocenters. The summed E-state index contributed by atoms with van der Waals surface area (Å²) in [6.45, 7) is 4.51. The number of hydrogen-bond donors (Lipinski definition) is 1. The molecule has 1 amide bonds. The van der Waals surface area contributed by atoms with E-state index in [1.165, 1.54) is 25.9 Å². The second-order valence-corrected chi connectivity index (χ2v) is 5.79. The number of likely N-dealkylation sites (tertiary alicyclic amines) is 1. The summed E-state index contributed by atoms with van der Waals surface area (Å²) in [5.41, 5.74) is 6.65. The number of rotatable bonds is 2. The van der Waals surface area contributed by atoms with E-state index in [4.69, 9.17) is 5.73 Å². The topological polar surface area (TPSA) is 75.3 Å². The highest BCUT2D eigenvalue weighted by atomic mass is 16.1. The molecule has 2 aliphatic heterocycles. The van der Waals surface area contributed by atoms with Crippen LogP contribution in [0.4, 0.5) is 5.69 Å². The fraction of sp³-hybridized carbons (Fsp3) is 0.615. The largest absolute Gasteiger partial charge is 0.369 e. The average molecular weight is 261 g/mol. The van der Waals surface area contributed by atoms with Crippen LogP contribution in [-0.4, -0.2) is 54.0 Å². The lowest BCUT2D eigenvalue weighted by atomic mass is 9.72. The zero-order chi connectivity index (χ0) is 13.5. The van der Waals surface area contributed by atoms with Crippen molar-refractivity contribution in [3.05, 3.63) is 18.2 Å². The average Bonchev–Trinajstić information content (AvgIpc) is 2.38. The van der Waals surface area contributed by atoms with Gasteiger partial charge in [0.05, 0.1) is 18.1 Å². The molecule has 0 aliphatic carbocycles. The van der Waals surface area contributed by atoms with Crippen molar-refractivity contribution in [1.29, 1.82) is 0 Å². The van der Waals surface area contributed by atoms with Crippen molar-refractivity contribution in [2.45, 2.75) is 12.8 Å². The van der Waals surface area contributed by atoms with E-state index in [1.54, 1.807) is 12.4 Å². The van der Waals surface area contributed by atoms with Crippen molar-refractivity contribution in [1.82, 2.24) is 14.9 Å². The van der Waals surface area contributed by atoms with Crippen LogP contribution in [0.25, 0.3) is 0 Å². The van der Waals surface area contributed by atoms with E-state index >= 15 is 0 Å². The molecule has 0 aromatic carbocycles. The van der Waals surface area contributed by atoms with Crippen LogP contribution >= 0.6 is 0 Å². The number of nitrogens with zero attached hydrogens (tertiary/aromatic N) is 4. The molecule has 3 heterocycles. The normalized spacial score (nSPS) is 22.3.